The van der Waals surface area contributed by atoms with Crippen LogP contribution in [-0.2, 0) is 27.7 Å². The Kier molecular flexibility index (Phi) is 9.20. The van der Waals surface area contributed by atoms with Crippen LogP contribution in [0.5, 0.6) is 11.5 Å². The van der Waals surface area contributed by atoms with Crippen LogP contribution in [0.25, 0.3) is 21.9 Å². The maximum atomic E-state index is 11.7. The van der Waals surface area contributed by atoms with Crippen LogP contribution in [0.4, 0.5) is 5.82 Å². The molecule has 0 saturated heterocycles. The number of pyridine rings is 1. The molecule has 0 radical (unpaired) electrons. The fourth-order valence-corrected chi connectivity index (χ4v) is 5.42. The first-order valence-corrected chi connectivity index (χ1v) is 15.6. The number of rotatable bonds is 13. The molecule has 11 nitrogen and oxygen atoms in total. The average Bonchev–Trinajstić information content (AvgIpc) is 3.25. The molecule has 0 aliphatic carbocycles. The summed E-state index contributed by atoms with van der Waals surface area (Å²) in [4.78, 5) is 28.5. The van der Waals surface area contributed by atoms with Crippen LogP contribution in [0.15, 0.2) is 36.4 Å². The summed E-state index contributed by atoms with van der Waals surface area (Å²) in [6.45, 7) is 11.4. The van der Waals surface area contributed by atoms with Crippen LogP contribution in [0, 0.1) is 0 Å². The monoisotopic (exact) mass is 599 g/mol. The number of ether oxygens (including phenoxy) is 1. The third kappa shape index (κ3) is 7.40. The molecule has 0 amide bonds. The fraction of sp³-hybridized carbons (Fsp3) is 0.467. The molecular weight excluding hydrogens is 557 g/mol. The molecule has 0 unspecified atom stereocenters. The number of aryl methyl sites for hydroxylation is 1. The first-order chi connectivity index (χ1) is 19.6. The summed E-state index contributed by atoms with van der Waals surface area (Å²) in [5.41, 5.74) is 15.3. The highest BCUT2D eigenvalue weighted by atomic mass is 31.2. The van der Waals surface area contributed by atoms with Gasteiger partial charge in [-0.2, -0.15) is 0 Å². The van der Waals surface area contributed by atoms with Gasteiger partial charge in [-0.3, -0.25) is 9.79 Å². The number of hydrogen-bond donors (Lipinski definition) is 5. The van der Waals surface area contributed by atoms with Gasteiger partial charge in [0.2, 0.25) is 0 Å². The number of unbranched alkanes of at least 4 members (excludes halogenated alkanes) is 1. The number of hydrogen-bond acceptors (Lipinski definition) is 8. The fourth-order valence-electron chi connectivity index (χ4n) is 4.97. The highest BCUT2D eigenvalue weighted by Gasteiger charge is 2.26. The number of imidazole rings is 1. The molecule has 228 valence electrons. The number of aromatic nitrogens is 3. The Bertz CT molecular complexity index is 1620. The maximum Gasteiger partial charge on any atom is 0.524 e. The largest absolute Gasteiger partial charge is 0.524 e. The topological polar surface area (TPSA) is 179 Å². The van der Waals surface area contributed by atoms with Crippen molar-refractivity contribution in [2.45, 2.75) is 77.8 Å². The Balaban J connectivity index is 1.85. The first kappa shape index (κ1) is 31.7. The quantitative estimate of drug-likeness (QED) is 0.102. The van der Waals surface area contributed by atoms with E-state index >= 15 is 0 Å². The van der Waals surface area contributed by atoms with Gasteiger partial charge in [0.25, 0.3) is 0 Å². The lowest BCUT2D eigenvalue weighted by molar-refractivity contribution is 0.0852. The van der Waals surface area contributed by atoms with E-state index in [0.29, 0.717) is 42.0 Å². The number of anilines is 1. The molecule has 0 atom stereocenters. The summed E-state index contributed by atoms with van der Waals surface area (Å²) < 4.78 is 24.5. The van der Waals surface area contributed by atoms with Crippen LogP contribution < -0.4 is 16.0 Å². The molecule has 7 N–H and O–H groups in total. The highest BCUT2D eigenvalue weighted by molar-refractivity contribution is 7.46. The Morgan fingerprint density at radius 3 is 2.50 bits per heavy atom. The molecule has 42 heavy (non-hydrogen) atoms. The minimum Gasteiger partial charge on any atom is -0.504 e. The van der Waals surface area contributed by atoms with Crippen LogP contribution in [0.1, 0.15) is 70.8 Å². The smallest absolute Gasteiger partial charge is 0.504 e. The standard InChI is InChI=1S/C30H42N5O6P/c1-6-7-11-24-34-25-26(35(24)17-19-9-8-10-23(36)27(19)41-42(37,38)39)21-16-20(12-13-22(21)33-28(25)31)29(2,3)14-15-40-18-30(4,5)32/h8-10,12-13,16,36H,6-7,11,14-15,17-18,32H2,1-5H3,(H2,31,33)(H2,37,38,39). The zero-order chi connectivity index (χ0) is 30.9. The van der Waals surface area contributed by atoms with Crippen molar-refractivity contribution in [3.8, 4) is 11.5 Å². The summed E-state index contributed by atoms with van der Waals surface area (Å²) in [5, 5.41) is 11.3. The van der Waals surface area contributed by atoms with Crippen LogP contribution >= 0.6 is 7.82 Å². The Labute approximate surface area is 246 Å². The van der Waals surface area contributed by atoms with Gasteiger partial charge in [0.1, 0.15) is 11.3 Å². The lowest BCUT2D eigenvalue weighted by atomic mass is 9.81. The molecule has 12 heteroatoms. The van der Waals surface area contributed by atoms with E-state index in [9.17, 15) is 19.5 Å². The second kappa shape index (κ2) is 12.2. The summed E-state index contributed by atoms with van der Waals surface area (Å²) in [7, 11) is -4.93. The van der Waals surface area contributed by atoms with Crippen molar-refractivity contribution >= 4 is 35.6 Å². The number of aromatic hydroxyl groups is 1. The molecule has 4 aromatic rings. The zero-order valence-corrected chi connectivity index (χ0v) is 25.8. The van der Waals surface area contributed by atoms with E-state index < -0.39 is 13.4 Å². The Morgan fingerprint density at radius 2 is 1.83 bits per heavy atom. The maximum absolute atomic E-state index is 11.7. The molecule has 4 rings (SSSR count). The normalized spacial score (nSPS) is 12.9. The summed E-state index contributed by atoms with van der Waals surface area (Å²) in [6, 6.07) is 10.7. The molecule has 2 heterocycles. The van der Waals surface area contributed by atoms with E-state index in [0.717, 1.165) is 41.6 Å². The van der Waals surface area contributed by atoms with Crippen molar-refractivity contribution in [1.29, 1.82) is 0 Å². The highest BCUT2D eigenvalue weighted by Crippen LogP contribution is 2.44. The van der Waals surface area contributed by atoms with E-state index in [-0.39, 0.29) is 23.5 Å². The molecule has 0 aliphatic rings. The molecular formula is C30H42N5O6P. The Hall–Kier alpha value is -3.21. The molecule has 0 spiro atoms. The minimum atomic E-state index is -4.93. The van der Waals surface area contributed by atoms with E-state index in [4.69, 9.17) is 25.7 Å². The number of phenolic OH excluding ortho intramolecular Hbond substituents is 1. The number of phosphoric ester groups is 1. The SMILES string of the molecule is CCCCc1nc2c(N)nc3ccc(C(C)(C)CCOCC(C)(C)N)cc3c2n1Cc1cccc(O)c1OP(=O)(O)O. The van der Waals surface area contributed by atoms with Gasteiger partial charge in [-0.1, -0.05) is 45.4 Å². The molecule has 2 aromatic carbocycles. The zero-order valence-electron chi connectivity index (χ0n) is 24.9. The number of fused-ring (bicyclic) bond motifs is 3. The van der Waals surface area contributed by atoms with Gasteiger partial charge in [0.05, 0.1) is 24.2 Å². The number of phosphoric acid groups is 1. The van der Waals surface area contributed by atoms with Gasteiger partial charge < -0.3 is 30.4 Å². The number of benzene rings is 2. The summed E-state index contributed by atoms with van der Waals surface area (Å²) >= 11 is 0. The van der Waals surface area contributed by atoms with E-state index in [1.54, 1.807) is 12.1 Å². The second-order valence-corrected chi connectivity index (χ2v) is 13.3. The average molecular weight is 600 g/mol. The van der Waals surface area contributed by atoms with Gasteiger partial charge in [-0.25, -0.2) is 14.5 Å². The van der Waals surface area contributed by atoms with Crippen molar-refractivity contribution < 1.29 is 28.7 Å². The van der Waals surface area contributed by atoms with Crippen LogP contribution in [0.2, 0.25) is 0 Å². The number of para-hydroxylation sites is 1. The third-order valence-corrected chi connectivity index (χ3v) is 7.70. The molecule has 2 aromatic heterocycles. The Morgan fingerprint density at radius 1 is 1.10 bits per heavy atom. The van der Waals surface area contributed by atoms with Crippen molar-refractivity contribution in [3.63, 3.8) is 0 Å². The van der Waals surface area contributed by atoms with Crippen molar-refractivity contribution in [2.24, 2.45) is 5.73 Å². The van der Waals surface area contributed by atoms with Gasteiger partial charge in [-0.15, -0.1) is 0 Å². The minimum absolute atomic E-state index is 0.133. The number of nitrogen functional groups attached to an aromatic ring is 1. The van der Waals surface area contributed by atoms with Gasteiger partial charge >= 0.3 is 7.82 Å². The van der Waals surface area contributed by atoms with Crippen LogP contribution in [-0.4, -0.2) is 48.2 Å². The number of nitrogens with zero attached hydrogens (tertiary/aromatic N) is 3. The van der Waals surface area contributed by atoms with Gasteiger partial charge in [0, 0.05) is 29.5 Å². The lowest BCUT2D eigenvalue weighted by Gasteiger charge is -2.27. The molecule has 0 fully saturated rings. The third-order valence-electron chi connectivity index (χ3n) is 7.28. The van der Waals surface area contributed by atoms with E-state index in [2.05, 4.69) is 31.8 Å². The predicted molar refractivity (Wildman–Crippen MR) is 165 cm³/mol. The van der Waals surface area contributed by atoms with E-state index in [1.807, 2.05) is 30.5 Å². The number of nitrogens with two attached hydrogens (primary N) is 2. The summed E-state index contributed by atoms with van der Waals surface area (Å²) in [5.74, 6) is 0.399. The van der Waals surface area contributed by atoms with Gasteiger partial charge in [-0.05, 0) is 55.9 Å². The predicted octanol–water partition coefficient (Wildman–Crippen LogP) is 5.16. The molecule has 0 saturated carbocycles. The molecule has 0 aliphatic heterocycles. The first-order valence-electron chi connectivity index (χ1n) is 14.1. The van der Waals surface area contributed by atoms with Gasteiger partial charge in [0.15, 0.2) is 17.3 Å². The van der Waals surface area contributed by atoms with Crippen molar-refractivity contribution in [1.82, 2.24) is 14.5 Å². The number of phenols is 1. The van der Waals surface area contributed by atoms with Crippen LogP contribution in [0.3, 0.4) is 0 Å². The lowest BCUT2D eigenvalue weighted by Crippen LogP contribution is -2.37. The molecule has 0 bridgehead atoms. The summed E-state index contributed by atoms with van der Waals surface area (Å²) in [6.07, 6.45) is 3.24. The van der Waals surface area contributed by atoms with Crippen molar-refractivity contribution in [2.75, 3.05) is 18.9 Å². The second-order valence-electron chi connectivity index (χ2n) is 12.2. The van der Waals surface area contributed by atoms with Crippen molar-refractivity contribution in [3.05, 3.63) is 53.3 Å². The van der Waals surface area contributed by atoms with E-state index in [1.165, 1.54) is 6.07 Å².